The van der Waals surface area contributed by atoms with Crippen LogP contribution in [0.2, 0.25) is 0 Å². The van der Waals surface area contributed by atoms with E-state index in [9.17, 15) is 9.18 Å². The standard InChI is InChI=1S/C13H14FNO3/c1-9(14)11-6-13-12(17-3-2-4-18-13)5-10(11)7-15-8-16/h5-6,9H,2-4,7H2,1H3. The van der Waals surface area contributed by atoms with E-state index in [1.807, 2.05) is 0 Å². The molecule has 0 N–H and O–H groups in total. The lowest BCUT2D eigenvalue weighted by Gasteiger charge is -2.14. The quantitative estimate of drug-likeness (QED) is 0.613. The van der Waals surface area contributed by atoms with E-state index >= 15 is 0 Å². The molecule has 1 aliphatic rings. The Morgan fingerprint density at radius 3 is 2.67 bits per heavy atom. The van der Waals surface area contributed by atoms with Crippen molar-refractivity contribution in [3.8, 4) is 11.5 Å². The summed E-state index contributed by atoms with van der Waals surface area (Å²) >= 11 is 0. The van der Waals surface area contributed by atoms with Gasteiger partial charge in [0.25, 0.3) is 0 Å². The van der Waals surface area contributed by atoms with Crippen molar-refractivity contribution in [1.29, 1.82) is 0 Å². The molecule has 1 unspecified atom stereocenters. The van der Waals surface area contributed by atoms with Crippen LogP contribution in [0.1, 0.15) is 30.6 Å². The molecule has 0 saturated heterocycles. The molecule has 1 heterocycles. The molecule has 96 valence electrons. The zero-order valence-corrected chi connectivity index (χ0v) is 10.1. The summed E-state index contributed by atoms with van der Waals surface area (Å²) in [5.74, 6) is 1.12. The Hall–Kier alpha value is -1.87. The first-order valence-corrected chi connectivity index (χ1v) is 5.82. The van der Waals surface area contributed by atoms with Crippen molar-refractivity contribution in [1.82, 2.24) is 0 Å². The van der Waals surface area contributed by atoms with Crippen molar-refractivity contribution in [2.75, 3.05) is 13.2 Å². The number of nitrogens with zero attached hydrogens (tertiary/aromatic N) is 1. The highest BCUT2D eigenvalue weighted by Gasteiger charge is 2.17. The average molecular weight is 251 g/mol. The lowest BCUT2D eigenvalue weighted by molar-refractivity contribution is 0.296. The predicted molar refractivity (Wildman–Crippen MR) is 63.4 cm³/mol. The molecular weight excluding hydrogens is 237 g/mol. The van der Waals surface area contributed by atoms with Gasteiger partial charge in [-0.2, -0.15) is 0 Å². The third-order valence-corrected chi connectivity index (χ3v) is 2.75. The van der Waals surface area contributed by atoms with E-state index in [1.54, 1.807) is 12.1 Å². The molecule has 0 aliphatic carbocycles. The molecule has 0 aromatic heterocycles. The lowest BCUT2D eigenvalue weighted by Crippen LogP contribution is -1.99. The molecule has 5 heteroatoms. The van der Waals surface area contributed by atoms with Crippen molar-refractivity contribution in [2.24, 2.45) is 4.99 Å². The topological polar surface area (TPSA) is 47.9 Å². The van der Waals surface area contributed by atoms with Gasteiger partial charge in [0.05, 0.1) is 19.8 Å². The summed E-state index contributed by atoms with van der Waals surface area (Å²) in [6.45, 7) is 2.66. The van der Waals surface area contributed by atoms with E-state index in [0.29, 0.717) is 35.8 Å². The number of hydrogen-bond donors (Lipinski definition) is 0. The van der Waals surface area contributed by atoms with Gasteiger partial charge >= 0.3 is 0 Å². The van der Waals surface area contributed by atoms with Crippen LogP contribution in [0.5, 0.6) is 11.5 Å². The van der Waals surface area contributed by atoms with Gasteiger partial charge in [0.15, 0.2) is 11.5 Å². The maximum absolute atomic E-state index is 13.6. The van der Waals surface area contributed by atoms with Crippen LogP contribution in [-0.4, -0.2) is 19.3 Å². The molecule has 1 aromatic carbocycles. The smallest absolute Gasteiger partial charge is 0.235 e. The Morgan fingerprint density at radius 1 is 1.39 bits per heavy atom. The number of halogens is 1. The van der Waals surface area contributed by atoms with Gasteiger partial charge in [-0.1, -0.05) is 0 Å². The number of fused-ring (bicyclic) bond motifs is 1. The third-order valence-electron chi connectivity index (χ3n) is 2.75. The van der Waals surface area contributed by atoms with E-state index in [-0.39, 0.29) is 6.54 Å². The fourth-order valence-electron chi connectivity index (χ4n) is 1.89. The average Bonchev–Trinajstić information content (AvgIpc) is 2.59. The SMILES string of the molecule is CC(F)c1cc2c(cc1CN=C=O)OCCCO2. The van der Waals surface area contributed by atoms with E-state index in [1.165, 1.54) is 13.0 Å². The Bertz CT molecular complexity index is 481. The minimum atomic E-state index is -1.15. The highest BCUT2D eigenvalue weighted by atomic mass is 19.1. The molecule has 2 rings (SSSR count). The molecule has 1 aromatic rings. The fraction of sp³-hybridized carbons (Fsp3) is 0.462. The summed E-state index contributed by atoms with van der Waals surface area (Å²) in [7, 11) is 0. The van der Waals surface area contributed by atoms with Crippen molar-refractivity contribution in [2.45, 2.75) is 26.1 Å². The van der Waals surface area contributed by atoms with E-state index in [4.69, 9.17) is 9.47 Å². The van der Waals surface area contributed by atoms with E-state index in [2.05, 4.69) is 4.99 Å². The van der Waals surface area contributed by atoms with Crippen LogP contribution < -0.4 is 9.47 Å². The van der Waals surface area contributed by atoms with Crippen LogP contribution in [0.15, 0.2) is 17.1 Å². The zero-order valence-electron chi connectivity index (χ0n) is 10.1. The number of isocyanates is 1. The summed E-state index contributed by atoms with van der Waals surface area (Å²) in [4.78, 5) is 13.7. The summed E-state index contributed by atoms with van der Waals surface area (Å²) < 4.78 is 24.6. The summed E-state index contributed by atoms with van der Waals surface area (Å²) in [6, 6.07) is 3.31. The van der Waals surface area contributed by atoms with Gasteiger partial charge in [-0.25, -0.2) is 14.2 Å². The largest absolute Gasteiger partial charge is 0.490 e. The molecule has 0 bridgehead atoms. The van der Waals surface area contributed by atoms with Crippen LogP contribution in [0.3, 0.4) is 0 Å². The zero-order chi connectivity index (χ0) is 13.0. The maximum atomic E-state index is 13.6. The van der Waals surface area contributed by atoms with Crippen LogP contribution in [-0.2, 0) is 11.3 Å². The summed E-state index contributed by atoms with van der Waals surface area (Å²) in [5.41, 5.74) is 1.09. The van der Waals surface area contributed by atoms with Crippen LogP contribution in [0, 0.1) is 0 Å². The van der Waals surface area contributed by atoms with Crippen LogP contribution >= 0.6 is 0 Å². The Balaban J connectivity index is 2.43. The van der Waals surface area contributed by atoms with Crippen molar-refractivity contribution in [3.63, 3.8) is 0 Å². The van der Waals surface area contributed by atoms with E-state index < -0.39 is 6.17 Å². The Kier molecular flexibility index (Phi) is 3.95. The van der Waals surface area contributed by atoms with Crippen molar-refractivity contribution < 1.29 is 18.7 Å². The number of hydrogen-bond acceptors (Lipinski definition) is 4. The summed E-state index contributed by atoms with van der Waals surface area (Å²) in [6.07, 6.45) is 1.09. The minimum absolute atomic E-state index is 0.101. The maximum Gasteiger partial charge on any atom is 0.235 e. The molecule has 4 nitrogen and oxygen atoms in total. The third kappa shape index (κ3) is 2.68. The monoisotopic (exact) mass is 251 g/mol. The normalized spacial score (nSPS) is 15.4. The molecule has 1 aliphatic heterocycles. The molecule has 0 spiro atoms. The first-order valence-electron chi connectivity index (χ1n) is 5.82. The first kappa shape index (κ1) is 12.6. The first-order chi connectivity index (χ1) is 8.72. The number of benzene rings is 1. The van der Waals surface area contributed by atoms with Gasteiger partial charge in [0.2, 0.25) is 6.08 Å². The van der Waals surface area contributed by atoms with E-state index in [0.717, 1.165) is 6.42 Å². The highest BCUT2D eigenvalue weighted by Crippen LogP contribution is 2.36. The number of alkyl halides is 1. The second-order valence-electron chi connectivity index (χ2n) is 4.07. The predicted octanol–water partition coefficient (Wildman–Crippen LogP) is 2.71. The second-order valence-corrected chi connectivity index (χ2v) is 4.07. The van der Waals surface area contributed by atoms with Gasteiger partial charge in [0.1, 0.15) is 6.17 Å². The Morgan fingerprint density at radius 2 is 2.06 bits per heavy atom. The molecule has 0 amide bonds. The van der Waals surface area contributed by atoms with Crippen LogP contribution in [0.4, 0.5) is 4.39 Å². The molecular formula is C13H14FNO3. The lowest BCUT2D eigenvalue weighted by atomic mass is 10.0. The van der Waals surface area contributed by atoms with Gasteiger partial charge in [-0.05, 0) is 30.2 Å². The number of aliphatic imine (C=N–C) groups is 1. The summed E-state index contributed by atoms with van der Waals surface area (Å²) in [5, 5.41) is 0. The van der Waals surface area contributed by atoms with Gasteiger partial charge < -0.3 is 9.47 Å². The highest BCUT2D eigenvalue weighted by molar-refractivity contribution is 5.49. The number of ether oxygens (including phenoxy) is 2. The Labute approximate surface area is 104 Å². The molecule has 0 fully saturated rings. The minimum Gasteiger partial charge on any atom is -0.490 e. The van der Waals surface area contributed by atoms with Crippen LogP contribution in [0.25, 0.3) is 0 Å². The number of rotatable bonds is 3. The molecule has 1 atom stereocenters. The number of carbonyl (C=O) groups excluding carboxylic acids is 1. The molecule has 0 radical (unpaired) electrons. The fourth-order valence-corrected chi connectivity index (χ4v) is 1.89. The van der Waals surface area contributed by atoms with Crippen molar-refractivity contribution in [3.05, 3.63) is 23.3 Å². The van der Waals surface area contributed by atoms with Gasteiger partial charge in [0, 0.05) is 6.42 Å². The second kappa shape index (κ2) is 5.65. The molecule has 18 heavy (non-hydrogen) atoms. The van der Waals surface area contributed by atoms with Gasteiger partial charge in [-0.3, -0.25) is 0 Å². The molecule has 0 saturated carbocycles. The van der Waals surface area contributed by atoms with Gasteiger partial charge in [-0.15, -0.1) is 0 Å². The van der Waals surface area contributed by atoms with Crippen molar-refractivity contribution >= 4 is 6.08 Å².